The molecule has 1 rings (SSSR count). The number of nitrogens with two attached hydrogens (primary N) is 1. The van der Waals surface area contributed by atoms with E-state index in [1.54, 1.807) is 25.1 Å². The van der Waals surface area contributed by atoms with Crippen LogP contribution in [-0.2, 0) is 4.79 Å². The van der Waals surface area contributed by atoms with E-state index in [-0.39, 0.29) is 0 Å². The van der Waals surface area contributed by atoms with Gasteiger partial charge in [0, 0.05) is 0 Å². The molecule has 4 heteroatoms. The molecule has 0 radical (unpaired) electrons. The van der Waals surface area contributed by atoms with Crippen LogP contribution in [0.2, 0.25) is 0 Å². The van der Waals surface area contributed by atoms with Crippen LogP contribution in [0.25, 0.3) is 0 Å². The fourth-order valence-corrected chi connectivity index (χ4v) is 1.15. The predicted molar refractivity (Wildman–Crippen MR) is 50.5 cm³/mol. The molecule has 1 aromatic carbocycles. The van der Waals surface area contributed by atoms with Crippen LogP contribution in [0.15, 0.2) is 18.2 Å². The van der Waals surface area contributed by atoms with Gasteiger partial charge >= 0.3 is 5.97 Å². The predicted octanol–water partition coefficient (Wildman–Crippen LogP) is 0.951. The summed E-state index contributed by atoms with van der Waals surface area (Å²) in [6.45, 7) is 1.75. The minimum Gasteiger partial charge on any atom is -0.480 e. The third kappa shape index (κ3) is 1.90. The third-order valence-electron chi connectivity index (χ3n) is 2.00. The highest BCUT2D eigenvalue weighted by Gasteiger charge is 2.14. The van der Waals surface area contributed by atoms with Crippen molar-refractivity contribution in [2.75, 3.05) is 0 Å². The summed E-state index contributed by atoms with van der Waals surface area (Å²) in [4.78, 5) is 10.6. The van der Waals surface area contributed by atoms with Crippen molar-refractivity contribution in [2.24, 2.45) is 5.73 Å². The SMILES string of the molecule is Cc1cc([C@H](N)C(=O)O)ccc1C#N. The number of rotatable bonds is 2. The van der Waals surface area contributed by atoms with E-state index in [9.17, 15) is 4.79 Å². The number of hydrogen-bond donors (Lipinski definition) is 2. The molecule has 0 aliphatic heterocycles. The third-order valence-corrected chi connectivity index (χ3v) is 2.00. The maximum atomic E-state index is 10.6. The quantitative estimate of drug-likeness (QED) is 0.726. The Balaban J connectivity index is 3.10. The van der Waals surface area contributed by atoms with Crippen molar-refractivity contribution in [1.29, 1.82) is 5.26 Å². The molecule has 0 fully saturated rings. The lowest BCUT2D eigenvalue weighted by atomic mass is 10.0. The van der Waals surface area contributed by atoms with Crippen molar-refractivity contribution < 1.29 is 9.90 Å². The molecule has 0 amide bonds. The molecule has 3 N–H and O–H groups in total. The molecule has 0 unspecified atom stereocenters. The summed E-state index contributed by atoms with van der Waals surface area (Å²) in [6, 6.07) is 5.73. The number of aryl methyl sites for hydroxylation is 1. The molecule has 0 saturated carbocycles. The van der Waals surface area contributed by atoms with Crippen LogP contribution in [-0.4, -0.2) is 11.1 Å². The van der Waals surface area contributed by atoms with Gasteiger partial charge in [0.25, 0.3) is 0 Å². The van der Waals surface area contributed by atoms with Gasteiger partial charge in [0.2, 0.25) is 0 Å². The molecule has 4 nitrogen and oxygen atoms in total. The first-order valence-corrected chi connectivity index (χ1v) is 4.05. The van der Waals surface area contributed by atoms with Crippen LogP contribution in [0.4, 0.5) is 0 Å². The van der Waals surface area contributed by atoms with Gasteiger partial charge in [-0.3, -0.25) is 4.79 Å². The van der Waals surface area contributed by atoms with Crippen molar-refractivity contribution in [3.8, 4) is 6.07 Å². The Morgan fingerprint density at radius 2 is 2.29 bits per heavy atom. The number of carboxylic acids is 1. The maximum Gasteiger partial charge on any atom is 0.325 e. The second kappa shape index (κ2) is 3.90. The van der Waals surface area contributed by atoms with Crippen molar-refractivity contribution in [2.45, 2.75) is 13.0 Å². The van der Waals surface area contributed by atoms with E-state index >= 15 is 0 Å². The van der Waals surface area contributed by atoms with Gasteiger partial charge in [-0.2, -0.15) is 5.26 Å². The van der Waals surface area contributed by atoms with E-state index in [2.05, 4.69) is 0 Å². The lowest BCUT2D eigenvalue weighted by Gasteiger charge is -2.07. The van der Waals surface area contributed by atoms with Gasteiger partial charge in [-0.05, 0) is 24.1 Å². The molecule has 0 saturated heterocycles. The normalized spacial score (nSPS) is 11.8. The molecule has 0 heterocycles. The highest BCUT2D eigenvalue weighted by atomic mass is 16.4. The Morgan fingerprint density at radius 3 is 2.71 bits per heavy atom. The van der Waals surface area contributed by atoms with Gasteiger partial charge in [-0.25, -0.2) is 0 Å². The van der Waals surface area contributed by atoms with E-state index in [1.165, 1.54) is 0 Å². The van der Waals surface area contributed by atoms with Gasteiger partial charge in [0.05, 0.1) is 11.6 Å². The molecule has 1 aromatic rings. The van der Waals surface area contributed by atoms with E-state index in [1.807, 2.05) is 6.07 Å². The zero-order chi connectivity index (χ0) is 10.7. The molecule has 0 aliphatic carbocycles. The van der Waals surface area contributed by atoms with E-state index in [0.717, 1.165) is 5.56 Å². The number of carbonyl (C=O) groups is 1. The Bertz CT molecular complexity index is 407. The van der Waals surface area contributed by atoms with E-state index in [4.69, 9.17) is 16.1 Å². The van der Waals surface area contributed by atoms with Gasteiger partial charge in [0.1, 0.15) is 6.04 Å². The monoisotopic (exact) mass is 190 g/mol. The number of carboxylic acid groups (broad SMARTS) is 1. The molecule has 14 heavy (non-hydrogen) atoms. The minimum absolute atomic E-state index is 0.508. The number of benzene rings is 1. The molecule has 72 valence electrons. The number of hydrogen-bond acceptors (Lipinski definition) is 3. The summed E-state index contributed by atoms with van der Waals surface area (Å²) in [6.07, 6.45) is 0. The Morgan fingerprint density at radius 1 is 1.64 bits per heavy atom. The first kappa shape index (κ1) is 10.2. The molecule has 0 bridgehead atoms. The highest BCUT2D eigenvalue weighted by molar-refractivity contribution is 5.75. The van der Waals surface area contributed by atoms with Gasteiger partial charge in [-0.1, -0.05) is 12.1 Å². The second-order valence-electron chi connectivity index (χ2n) is 3.00. The van der Waals surface area contributed by atoms with Crippen molar-refractivity contribution in [3.05, 3.63) is 34.9 Å². The van der Waals surface area contributed by atoms with Crippen LogP contribution in [0.5, 0.6) is 0 Å². The molecule has 1 atom stereocenters. The Hall–Kier alpha value is -1.86. The molecule has 0 aliphatic rings. The lowest BCUT2D eigenvalue weighted by molar-refractivity contribution is -0.138. The van der Waals surface area contributed by atoms with Crippen molar-refractivity contribution >= 4 is 5.97 Å². The van der Waals surface area contributed by atoms with Crippen molar-refractivity contribution in [1.82, 2.24) is 0 Å². The Labute approximate surface area is 81.6 Å². The standard InChI is InChI=1S/C10H10N2O2/c1-6-4-7(9(12)10(13)14)2-3-8(6)5-11/h2-4,9H,12H2,1H3,(H,13,14)/t9-/m0/s1. The van der Waals surface area contributed by atoms with Crippen LogP contribution < -0.4 is 5.73 Å². The zero-order valence-electron chi connectivity index (χ0n) is 7.69. The number of nitrogens with zero attached hydrogens (tertiary/aromatic N) is 1. The van der Waals surface area contributed by atoms with E-state index < -0.39 is 12.0 Å². The van der Waals surface area contributed by atoms with Crippen LogP contribution in [0.3, 0.4) is 0 Å². The van der Waals surface area contributed by atoms with Crippen molar-refractivity contribution in [3.63, 3.8) is 0 Å². The first-order chi connectivity index (χ1) is 6.56. The molecule has 0 aromatic heterocycles. The molecular weight excluding hydrogens is 180 g/mol. The second-order valence-corrected chi connectivity index (χ2v) is 3.00. The molecule has 0 spiro atoms. The van der Waals surface area contributed by atoms with Gasteiger partial charge in [-0.15, -0.1) is 0 Å². The average Bonchev–Trinajstić information content (AvgIpc) is 2.16. The topological polar surface area (TPSA) is 87.1 Å². The summed E-state index contributed by atoms with van der Waals surface area (Å²) in [7, 11) is 0. The van der Waals surface area contributed by atoms with Gasteiger partial charge < -0.3 is 10.8 Å². The largest absolute Gasteiger partial charge is 0.480 e. The minimum atomic E-state index is -1.07. The first-order valence-electron chi connectivity index (χ1n) is 4.05. The summed E-state index contributed by atoms with van der Waals surface area (Å²) in [5, 5.41) is 17.3. The number of aliphatic carboxylic acids is 1. The average molecular weight is 190 g/mol. The summed E-state index contributed by atoms with van der Waals surface area (Å²) >= 11 is 0. The van der Waals surface area contributed by atoms with Crippen LogP contribution >= 0.6 is 0 Å². The summed E-state index contributed by atoms with van der Waals surface area (Å²) in [5.41, 5.74) is 7.20. The zero-order valence-corrected chi connectivity index (χ0v) is 7.69. The van der Waals surface area contributed by atoms with Gasteiger partial charge in [0.15, 0.2) is 0 Å². The maximum absolute atomic E-state index is 10.6. The van der Waals surface area contributed by atoms with Crippen LogP contribution in [0.1, 0.15) is 22.7 Å². The summed E-state index contributed by atoms with van der Waals surface area (Å²) < 4.78 is 0. The number of nitriles is 1. The smallest absolute Gasteiger partial charge is 0.325 e. The summed E-state index contributed by atoms with van der Waals surface area (Å²) in [5.74, 6) is -1.07. The fourth-order valence-electron chi connectivity index (χ4n) is 1.15. The molecular formula is C10H10N2O2. The van der Waals surface area contributed by atoms with Crippen LogP contribution in [0, 0.1) is 18.3 Å². The Kier molecular flexibility index (Phi) is 2.85. The fraction of sp³-hybridized carbons (Fsp3) is 0.200. The highest BCUT2D eigenvalue weighted by Crippen LogP contribution is 2.15. The lowest BCUT2D eigenvalue weighted by Crippen LogP contribution is -2.20. The van der Waals surface area contributed by atoms with E-state index in [0.29, 0.717) is 11.1 Å².